The van der Waals surface area contributed by atoms with E-state index in [0.29, 0.717) is 13.2 Å². The van der Waals surface area contributed by atoms with E-state index in [4.69, 9.17) is 9.68 Å². The second kappa shape index (κ2) is 11.9. The van der Waals surface area contributed by atoms with Gasteiger partial charge in [0.15, 0.2) is 0 Å². The van der Waals surface area contributed by atoms with E-state index in [1.807, 2.05) is 73.1 Å². The van der Waals surface area contributed by atoms with Gasteiger partial charge in [-0.3, -0.25) is 0 Å². The molecule has 0 amide bonds. The van der Waals surface area contributed by atoms with E-state index in [9.17, 15) is 0 Å². The highest BCUT2D eigenvalue weighted by molar-refractivity contribution is 5.57. The van der Waals surface area contributed by atoms with Crippen molar-refractivity contribution in [3.05, 3.63) is 71.8 Å². The second-order valence-corrected chi connectivity index (χ2v) is 5.38. The molecule has 126 valence electrons. The van der Waals surface area contributed by atoms with Crippen molar-refractivity contribution in [2.24, 2.45) is 10.3 Å². The number of nitrogens with zero attached hydrogens (tertiary/aromatic N) is 2. The summed E-state index contributed by atoms with van der Waals surface area (Å²) in [6.07, 6.45) is 7.59. The first-order valence-electron chi connectivity index (χ1n) is 8.30. The molecule has 0 aliphatic rings. The molecule has 0 saturated carbocycles. The van der Waals surface area contributed by atoms with Crippen LogP contribution in [0.25, 0.3) is 0 Å². The molecule has 0 saturated heterocycles. The van der Waals surface area contributed by atoms with E-state index in [-0.39, 0.29) is 0 Å². The molecule has 2 aromatic rings. The average molecular weight is 324 g/mol. The Bertz CT molecular complexity index is 542. The highest BCUT2D eigenvalue weighted by Crippen LogP contribution is 2.02. The third-order valence-electron chi connectivity index (χ3n) is 3.36. The fourth-order valence-electron chi connectivity index (χ4n) is 2.05. The highest BCUT2D eigenvalue weighted by atomic mass is 16.6. The lowest BCUT2D eigenvalue weighted by Gasteiger charge is -1.99. The number of rotatable bonds is 11. The first-order valence-corrected chi connectivity index (χ1v) is 8.30. The van der Waals surface area contributed by atoms with Gasteiger partial charge in [-0.15, -0.1) is 0 Å². The smallest absolute Gasteiger partial charge is 0.142 e. The monoisotopic (exact) mass is 324 g/mol. The summed E-state index contributed by atoms with van der Waals surface area (Å²) in [6, 6.07) is 20.0. The normalized spacial score (nSPS) is 11.2. The molecule has 2 rings (SSSR count). The summed E-state index contributed by atoms with van der Waals surface area (Å²) in [5.41, 5.74) is 2.25. The van der Waals surface area contributed by atoms with Crippen LogP contribution in [0.4, 0.5) is 0 Å². The third kappa shape index (κ3) is 8.13. The lowest BCUT2D eigenvalue weighted by atomic mass is 10.2. The van der Waals surface area contributed by atoms with Crippen molar-refractivity contribution in [3.63, 3.8) is 0 Å². The molecule has 0 aromatic heterocycles. The maximum Gasteiger partial charge on any atom is 0.142 e. The molecule has 4 heteroatoms. The zero-order valence-corrected chi connectivity index (χ0v) is 13.9. The van der Waals surface area contributed by atoms with E-state index in [1.54, 1.807) is 0 Å². The number of hydrogen-bond acceptors (Lipinski definition) is 4. The standard InChI is InChI=1S/C20H24N2O2/c1(9-15-21-23-17-19-11-5-3-6-12-19)2-10-16-22-24-18-20-13-7-4-8-14-20/h3-8,11-16H,1-2,9-10,17-18H2/b21-15+,22-16+. The van der Waals surface area contributed by atoms with Gasteiger partial charge in [0.1, 0.15) is 13.2 Å². The quantitative estimate of drug-likeness (QED) is 0.333. The third-order valence-corrected chi connectivity index (χ3v) is 3.36. The van der Waals surface area contributed by atoms with Crippen LogP contribution in [0.3, 0.4) is 0 Å². The molecule has 0 radical (unpaired) electrons. The van der Waals surface area contributed by atoms with Gasteiger partial charge in [0.05, 0.1) is 0 Å². The molecule has 0 N–H and O–H groups in total. The Labute approximate surface area is 143 Å². The van der Waals surface area contributed by atoms with Crippen LogP contribution >= 0.6 is 0 Å². The summed E-state index contributed by atoms with van der Waals surface area (Å²) in [6.45, 7) is 1.03. The minimum absolute atomic E-state index is 0.517. The molecule has 4 nitrogen and oxygen atoms in total. The van der Waals surface area contributed by atoms with Gasteiger partial charge in [-0.25, -0.2) is 0 Å². The number of benzene rings is 2. The maximum absolute atomic E-state index is 5.24. The van der Waals surface area contributed by atoms with Gasteiger partial charge in [0.25, 0.3) is 0 Å². The second-order valence-electron chi connectivity index (χ2n) is 5.38. The molecule has 0 atom stereocenters. The van der Waals surface area contributed by atoms with Crippen LogP contribution < -0.4 is 0 Å². The van der Waals surface area contributed by atoms with Crippen molar-refractivity contribution >= 4 is 12.4 Å². The van der Waals surface area contributed by atoms with Crippen LogP contribution in [-0.4, -0.2) is 12.4 Å². The first kappa shape index (κ1) is 17.7. The van der Waals surface area contributed by atoms with Gasteiger partial charge in [-0.1, -0.05) is 71.0 Å². The molecule has 0 spiro atoms. The Kier molecular flexibility index (Phi) is 8.78. The Morgan fingerprint density at radius 1 is 0.625 bits per heavy atom. The predicted octanol–water partition coefficient (Wildman–Crippen LogP) is 4.95. The lowest BCUT2D eigenvalue weighted by Crippen LogP contribution is -1.88. The maximum atomic E-state index is 5.24. The topological polar surface area (TPSA) is 43.2 Å². The summed E-state index contributed by atoms with van der Waals surface area (Å²) in [5.74, 6) is 0. The Balaban J connectivity index is 1.42. The summed E-state index contributed by atoms with van der Waals surface area (Å²) in [4.78, 5) is 10.5. The van der Waals surface area contributed by atoms with Crippen molar-refractivity contribution in [1.29, 1.82) is 0 Å². The minimum atomic E-state index is 0.517. The summed E-state index contributed by atoms with van der Waals surface area (Å²) in [5, 5.41) is 7.93. The number of oxime groups is 2. The van der Waals surface area contributed by atoms with Crippen LogP contribution in [0.15, 0.2) is 71.0 Å². The summed E-state index contributed by atoms with van der Waals surface area (Å²) in [7, 11) is 0. The molecular formula is C20H24N2O2. The SMILES string of the molecule is C(/CCCC/C=N/OCc1ccccc1)=N\OCc1ccccc1. The van der Waals surface area contributed by atoms with Gasteiger partial charge < -0.3 is 9.68 Å². The molecule has 2 aromatic carbocycles. The van der Waals surface area contributed by atoms with E-state index in [2.05, 4.69) is 10.3 Å². The van der Waals surface area contributed by atoms with E-state index < -0.39 is 0 Å². The van der Waals surface area contributed by atoms with Gasteiger partial charge in [-0.05, 0) is 36.8 Å². The van der Waals surface area contributed by atoms with Gasteiger partial charge in [0, 0.05) is 12.4 Å². The minimum Gasteiger partial charge on any atom is -0.391 e. The first-order chi connectivity index (χ1) is 11.9. The van der Waals surface area contributed by atoms with E-state index in [1.165, 1.54) is 0 Å². The molecule has 0 fully saturated rings. The molecule has 24 heavy (non-hydrogen) atoms. The molecule has 0 heterocycles. The Morgan fingerprint density at radius 3 is 1.46 bits per heavy atom. The van der Waals surface area contributed by atoms with Crippen molar-refractivity contribution in [1.82, 2.24) is 0 Å². The largest absolute Gasteiger partial charge is 0.391 e. The van der Waals surface area contributed by atoms with Crippen molar-refractivity contribution < 1.29 is 9.68 Å². The van der Waals surface area contributed by atoms with Crippen molar-refractivity contribution in [3.8, 4) is 0 Å². The molecular weight excluding hydrogens is 300 g/mol. The molecule has 0 bridgehead atoms. The van der Waals surface area contributed by atoms with Gasteiger partial charge in [0.2, 0.25) is 0 Å². The van der Waals surface area contributed by atoms with Crippen molar-refractivity contribution in [2.45, 2.75) is 38.9 Å². The summed E-state index contributed by atoms with van der Waals surface area (Å²) >= 11 is 0. The Morgan fingerprint density at radius 2 is 1.04 bits per heavy atom. The van der Waals surface area contributed by atoms with Crippen LogP contribution in [0.1, 0.15) is 36.8 Å². The lowest BCUT2D eigenvalue weighted by molar-refractivity contribution is 0.131. The van der Waals surface area contributed by atoms with Gasteiger partial charge in [-0.2, -0.15) is 0 Å². The average Bonchev–Trinajstić information content (AvgIpc) is 2.64. The fraction of sp³-hybridized carbons (Fsp3) is 0.300. The molecule has 0 aliphatic heterocycles. The van der Waals surface area contributed by atoms with E-state index in [0.717, 1.165) is 36.8 Å². The number of unbranched alkanes of at least 4 members (excludes halogenated alkanes) is 3. The molecule has 0 unspecified atom stereocenters. The fourth-order valence-corrected chi connectivity index (χ4v) is 2.05. The molecule has 0 aliphatic carbocycles. The van der Waals surface area contributed by atoms with Crippen LogP contribution in [-0.2, 0) is 22.9 Å². The highest BCUT2D eigenvalue weighted by Gasteiger charge is 1.90. The number of hydrogen-bond donors (Lipinski definition) is 0. The van der Waals surface area contributed by atoms with Crippen LogP contribution in [0, 0.1) is 0 Å². The van der Waals surface area contributed by atoms with Gasteiger partial charge >= 0.3 is 0 Å². The Hall–Kier alpha value is -2.62. The summed E-state index contributed by atoms with van der Waals surface area (Å²) < 4.78 is 0. The van der Waals surface area contributed by atoms with Crippen LogP contribution in [0.2, 0.25) is 0 Å². The predicted molar refractivity (Wildman–Crippen MR) is 97.9 cm³/mol. The van der Waals surface area contributed by atoms with Crippen LogP contribution in [0.5, 0.6) is 0 Å². The van der Waals surface area contributed by atoms with Crippen molar-refractivity contribution in [2.75, 3.05) is 0 Å². The zero-order chi connectivity index (χ0) is 16.7. The van der Waals surface area contributed by atoms with E-state index >= 15 is 0 Å². The zero-order valence-electron chi connectivity index (χ0n) is 13.9.